The Hall–Kier alpha value is -2.83. The molecule has 0 bridgehead atoms. The molecule has 4 N–H and O–H groups in total. The van der Waals surface area contributed by atoms with Gasteiger partial charge in [0.25, 0.3) is 0 Å². The Morgan fingerprint density at radius 2 is 1.14 bits per heavy atom. The predicted molar refractivity (Wildman–Crippen MR) is 157 cm³/mol. The summed E-state index contributed by atoms with van der Waals surface area (Å²) in [5.41, 5.74) is 0. The summed E-state index contributed by atoms with van der Waals surface area (Å²) >= 11 is 4.69. The Morgan fingerprint density at radius 1 is 0.810 bits per heavy atom. The predicted octanol–water partition coefficient (Wildman–Crippen LogP) is 1.68. The summed E-state index contributed by atoms with van der Waals surface area (Å²) in [7, 11) is 0.770. The molecule has 0 aliphatic carbocycles. The normalized spacial score (nSPS) is 15.2. The summed E-state index contributed by atoms with van der Waals surface area (Å²) < 4.78 is 2.58. The molecule has 2 atom stereocenters. The summed E-state index contributed by atoms with van der Waals surface area (Å²) in [5, 5.41) is 56.5. The van der Waals surface area contributed by atoms with Crippen LogP contribution in [0.2, 0.25) is 0 Å². The summed E-state index contributed by atoms with van der Waals surface area (Å²) in [6.45, 7) is 4.60. The summed E-state index contributed by atoms with van der Waals surface area (Å²) in [6, 6.07) is 0. The topological polar surface area (TPSA) is 233 Å². The van der Waals surface area contributed by atoms with Crippen LogP contribution in [0.5, 0.6) is 0 Å². The van der Waals surface area contributed by atoms with Gasteiger partial charge in [0.1, 0.15) is 37.0 Å². The molecule has 2 unspecified atom stereocenters. The van der Waals surface area contributed by atoms with Crippen LogP contribution in [-0.4, -0.2) is 107 Å². The van der Waals surface area contributed by atoms with Crippen LogP contribution in [0.25, 0.3) is 0 Å². The van der Waals surface area contributed by atoms with Crippen molar-refractivity contribution in [1.82, 2.24) is 38.7 Å². The number of nitrogens with zero attached hydrogens (tertiary/aromatic N) is 10. The van der Waals surface area contributed by atoms with Gasteiger partial charge in [0.05, 0.1) is 13.1 Å². The van der Waals surface area contributed by atoms with Crippen LogP contribution >= 0.6 is 39.5 Å². The molecule has 4 rings (SSSR count). The summed E-state index contributed by atoms with van der Waals surface area (Å²) in [5.74, 6) is -0.637. The Kier molecular flexibility index (Phi) is 15.1. The van der Waals surface area contributed by atoms with Gasteiger partial charge in [-0.3, -0.25) is 0 Å². The first-order chi connectivity index (χ1) is 19.9. The van der Waals surface area contributed by atoms with Gasteiger partial charge in [0.2, 0.25) is 0 Å². The second-order valence-corrected chi connectivity index (χ2v) is 20.9. The minimum absolute atomic E-state index is 0.0383. The molecular formula is C20H26I2N10O9Rh-2. The molecule has 0 aromatic carbocycles. The van der Waals surface area contributed by atoms with Gasteiger partial charge < -0.3 is 60.3 Å². The maximum atomic E-state index is 11.0. The number of halogens is 2. The second kappa shape index (κ2) is 18.0. The van der Waals surface area contributed by atoms with Crippen LogP contribution in [0.3, 0.4) is 0 Å². The van der Waals surface area contributed by atoms with E-state index in [4.69, 9.17) is 15.0 Å². The van der Waals surface area contributed by atoms with Gasteiger partial charge in [-0.2, -0.15) is 13.3 Å². The first-order valence-electron chi connectivity index (χ1n) is 11.5. The number of β-amino-alcohol motifs (C(OH)–C–C–N with tert-alkyl or cyclic N) is 2. The van der Waals surface area contributed by atoms with Crippen molar-refractivity contribution in [2.45, 2.75) is 25.3 Å². The molecule has 0 spiro atoms. The molecule has 0 saturated heterocycles. The molecule has 2 aromatic heterocycles. The van der Waals surface area contributed by atoms with Gasteiger partial charge in [0.15, 0.2) is 0 Å². The first kappa shape index (κ1) is 35.4. The third-order valence-electron chi connectivity index (χ3n) is 5.19. The van der Waals surface area contributed by atoms with Crippen molar-refractivity contribution in [2.75, 3.05) is 19.8 Å². The van der Waals surface area contributed by atoms with Gasteiger partial charge in [0, 0.05) is 19.8 Å². The number of hydrogen-bond donors (Lipinski definition) is 4. The number of nitro groups is 2. The van der Waals surface area contributed by atoms with Crippen molar-refractivity contribution in [1.29, 1.82) is 0 Å². The van der Waals surface area contributed by atoms with Crippen molar-refractivity contribution in [2.24, 2.45) is 0 Å². The standard InChI is InChI=1S/C19H24N10O6.CH2O3.2HI.Rh/c30-16(11-26-3-1-20-18(26)28(32)33)9-22-5-7-24(13-22)15-25-8-6-23(14-25)10-17(31)12-27-4-2-21-19(27)29(34)35;2-1(3)4;;;/h1-8,13-14,16-17,30-31H,9-12,15H2;(H2,2,3,4);2*1H;/q-2;;;;+2/p-2. The van der Waals surface area contributed by atoms with E-state index in [1.807, 2.05) is 22.2 Å². The molecule has 0 radical (unpaired) electrons. The maximum absolute atomic E-state index is 11.0. The average Bonchev–Trinajstić information content (AvgIpc) is 3.68. The fourth-order valence-corrected chi connectivity index (χ4v) is 3.74. The number of aliphatic hydroxyl groups is 2. The molecule has 2 aliphatic heterocycles. The van der Waals surface area contributed by atoms with Crippen LogP contribution in [-0.2, 0) is 23.2 Å². The van der Waals surface area contributed by atoms with Gasteiger partial charge in [-0.05, 0) is 34.6 Å². The van der Waals surface area contributed by atoms with Crippen molar-refractivity contribution >= 4 is 57.6 Å². The zero-order chi connectivity index (χ0) is 31.2. The van der Waals surface area contributed by atoms with E-state index >= 15 is 0 Å². The van der Waals surface area contributed by atoms with Gasteiger partial charge in [-0.1, -0.05) is 9.97 Å². The third-order valence-corrected chi connectivity index (χ3v) is 5.19. The number of carboxylic acid groups (broad SMARTS) is 2. The molecular weight excluding hydrogens is 881 g/mol. The zero-order valence-electron chi connectivity index (χ0n) is 21.4. The monoisotopic (exact) mass is 907 g/mol. The first-order valence-corrected chi connectivity index (χ1v) is 21.2. The van der Waals surface area contributed by atoms with E-state index in [9.17, 15) is 30.4 Å². The summed E-state index contributed by atoms with van der Waals surface area (Å²) in [6.07, 6.45) is 9.20. The number of imidazole rings is 2. The molecule has 2 aromatic rings. The molecule has 4 heterocycles. The van der Waals surface area contributed by atoms with Crippen molar-refractivity contribution < 1.29 is 45.2 Å². The van der Waals surface area contributed by atoms with E-state index in [1.54, 1.807) is 35.5 Å². The average molecular weight is 907 g/mol. The number of carbonyl (C=O) groups is 1. The molecule has 42 heavy (non-hydrogen) atoms. The Morgan fingerprint density at radius 3 is 1.48 bits per heavy atom. The molecule has 0 fully saturated rings. The Balaban J connectivity index is 0.000000797. The number of aromatic nitrogens is 4. The molecule has 235 valence electrons. The number of aliphatic hydroxyl groups excluding tert-OH is 2. The number of rotatable bonds is 12. The molecule has 19 nitrogen and oxygen atoms in total. The van der Waals surface area contributed by atoms with Gasteiger partial charge in [-0.25, -0.2) is 13.9 Å². The van der Waals surface area contributed by atoms with Crippen LogP contribution in [0.15, 0.2) is 49.6 Å². The zero-order valence-corrected chi connectivity index (χ0v) is 27.3. The molecule has 22 heteroatoms. The van der Waals surface area contributed by atoms with Crippen LogP contribution in [0.4, 0.5) is 16.7 Å². The summed E-state index contributed by atoms with van der Waals surface area (Å²) in [4.78, 5) is 43.9. The van der Waals surface area contributed by atoms with E-state index in [0.717, 1.165) is 10.1 Å². The minimum atomic E-state index is -1.83. The fourth-order valence-electron chi connectivity index (χ4n) is 3.74. The van der Waals surface area contributed by atoms with Crippen molar-refractivity contribution in [3.8, 4) is 0 Å². The van der Waals surface area contributed by atoms with Crippen LogP contribution < -0.4 is 0 Å². The van der Waals surface area contributed by atoms with Gasteiger partial charge in [-0.15, -0.1) is 0 Å². The molecule has 0 amide bonds. The third kappa shape index (κ3) is 12.2. The van der Waals surface area contributed by atoms with Crippen molar-refractivity contribution in [3.05, 3.63) is 83.2 Å². The fraction of sp³-hybridized carbons (Fsp3) is 0.350. The molecule has 2 aliphatic rings. The second-order valence-electron chi connectivity index (χ2n) is 8.30. The van der Waals surface area contributed by atoms with Crippen LogP contribution in [0, 0.1) is 33.6 Å². The van der Waals surface area contributed by atoms with E-state index in [-0.39, 0.29) is 38.1 Å². The Bertz CT molecular complexity index is 1140. The Labute approximate surface area is 268 Å². The number of hydrogen-bond acceptors (Lipinski definition) is 13. The van der Waals surface area contributed by atoms with E-state index in [0.29, 0.717) is 6.67 Å². The van der Waals surface area contributed by atoms with Gasteiger partial charge >= 0.3 is 67.7 Å². The van der Waals surface area contributed by atoms with E-state index in [2.05, 4.69) is 49.5 Å². The van der Waals surface area contributed by atoms with Crippen molar-refractivity contribution in [3.63, 3.8) is 0 Å². The van der Waals surface area contributed by atoms with E-state index < -0.39 is 28.2 Å². The SMILES string of the molecule is O=C(O)O.O=[N+]([O-])c1nccn1CC(O)CN1C=CN(CN2C=CN(CC(O)Cn3ccnc3[N+](=O)[O-])[CH-]2)[CH-]1.[I][Rh][I]. The quantitative estimate of drug-likeness (QED) is 0.0781. The van der Waals surface area contributed by atoms with Crippen LogP contribution in [0.1, 0.15) is 0 Å². The molecule has 0 saturated carbocycles. The van der Waals surface area contributed by atoms with E-state index in [1.165, 1.54) is 33.9 Å².